The third kappa shape index (κ3) is 9.70. The Kier molecular flexibility index (Phi) is 10.9. The molecule has 3 atom stereocenters. The first-order valence-electron chi connectivity index (χ1n) is 10.2. The van der Waals surface area contributed by atoms with Crippen LogP contribution in [0, 0.1) is 10.1 Å². The number of nitro groups is 1. The quantitative estimate of drug-likeness (QED) is 0.324. The van der Waals surface area contributed by atoms with Crippen molar-refractivity contribution in [1.29, 1.82) is 0 Å². The normalized spacial score (nSPS) is 22.9. The van der Waals surface area contributed by atoms with E-state index in [4.69, 9.17) is 9.47 Å². The van der Waals surface area contributed by atoms with E-state index in [9.17, 15) is 39.5 Å². The summed E-state index contributed by atoms with van der Waals surface area (Å²) in [6.07, 6.45) is -3.19. The van der Waals surface area contributed by atoms with Gasteiger partial charge in [0, 0.05) is 11.8 Å². The maximum Gasteiger partial charge on any atom is 0.411 e. The van der Waals surface area contributed by atoms with Crippen LogP contribution in [0.4, 0.5) is 9.59 Å². The van der Waals surface area contributed by atoms with Crippen LogP contribution in [0.2, 0.25) is 0 Å². The van der Waals surface area contributed by atoms with E-state index in [0.717, 1.165) is 16.7 Å². The molecular weight excluding hydrogens is 442 g/mol. The minimum atomic E-state index is -1.88. The van der Waals surface area contributed by atoms with Gasteiger partial charge in [0.05, 0.1) is 26.2 Å². The van der Waals surface area contributed by atoms with Crippen LogP contribution < -0.4 is 0 Å². The molecule has 0 aromatic carbocycles. The molecule has 1 saturated heterocycles. The highest BCUT2D eigenvalue weighted by molar-refractivity contribution is 5.74. The average Bonchev–Trinajstić information content (AvgIpc) is 2.63. The number of rotatable bonds is 5. The lowest BCUT2D eigenvalue weighted by molar-refractivity contribution is -0.594. The lowest BCUT2D eigenvalue weighted by Gasteiger charge is -2.40. The van der Waals surface area contributed by atoms with E-state index in [1.807, 2.05) is 0 Å². The number of aliphatic hydroxyl groups is 2. The molecule has 1 rings (SSSR count). The van der Waals surface area contributed by atoms with Gasteiger partial charge in [0.1, 0.15) is 36.0 Å². The van der Waals surface area contributed by atoms with Crippen molar-refractivity contribution in [2.75, 3.05) is 26.2 Å². The fraction of sp³-hybridized carbons (Fsp3) is 0.800. The van der Waals surface area contributed by atoms with Gasteiger partial charge in [-0.1, -0.05) is 0 Å². The monoisotopic (exact) mass is 477 g/mol. The summed E-state index contributed by atoms with van der Waals surface area (Å²) in [4.78, 5) is 55.9. The van der Waals surface area contributed by atoms with Crippen molar-refractivity contribution in [3.8, 4) is 0 Å². The fourth-order valence-electron chi connectivity index (χ4n) is 2.53. The Balaban J connectivity index is 0.000000653. The van der Waals surface area contributed by atoms with Crippen LogP contribution in [0.5, 0.6) is 0 Å². The predicted molar refractivity (Wildman–Crippen MR) is 115 cm³/mol. The number of amides is 2. The van der Waals surface area contributed by atoms with Gasteiger partial charge in [-0.15, -0.1) is 0 Å². The van der Waals surface area contributed by atoms with E-state index in [0.29, 0.717) is 12.6 Å². The number of piperidine rings is 1. The van der Waals surface area contributed by atoms with Gasteiger partial charge in [0.25, 0.3) is 5.54 Å². The molecule has 0 spiro atoms. The molecule has 1 unspecified atom stereocenters. The molecule has 1 heterocycles. The highest BCUT2D eigenvalue weighted by atomic mass is 16.6. The highest BCUT2D eigenvalue weighted by Crippen LogP contribution is 2.27. The molecule has 0 aromatic heterocycles. The van der Waals surface area contributed by atoms with Crippen LogP contribution in [0.25, 0.3) is 0 Å². The third-order valence-electron chi connectivity index (χ3n) is 4.42. The van der Waals surface area contributed by atoms with Gasteiger partial charge in [-0.2, -0.15) is 0 Å². The van der Waals surface area contributed by atoms with Crippen molar-refractivity contribution >= 4 is 24.8 Å². The first-order valence-corrected chi connectivity index (χ1v) is 10.2. The lowest BCUT2D eigenvalue weighted by atomic mass is 9.85. The largest absolute Gasteiger partial charge is 0.444 e. The van der Waals surface area contributed by atoms with Gasteiger partial charge in [-0.05, 0) is 41.5 Å². The fourth-order valence-corrected chi connectivity index (χ4v) is 2.53. The summed E-state index contributed by atoms with van der Waals surface area (Å²) in [5.74, 6) is 0. The molecule has 1 aliphatic rings. The van der Waals surface area contributed by atoms with E-state index in [1.54, 1.807) is 41.5 Å². The van der Waals surface area contributed by atoms with Gasteiger partial charge in [-0.3, -0.25) is 15.0 Å². The number of nitrogens with zero attached hydrogens (tertiary/aromatic N) is 3. The number of aliphatic hydroxyl groups excluding tert-OH is 2. The molecule has 0 aromatic rings. The predicted octanol–water partition coefficient (Wildman–Crippen LogP) is 0.616. The molecule has 1 fully saturated rings. The zero-order chi connectivity index (χ0) is 26.2. The number of likely N-dealkylation sites (tertiary alicyclic amines) is 1. The molecule has 13 nitrogen and oxygen atoms in total. The first-order chi connectivity index (χ1) is 14.9. The molecule has 1 aliphatic heterocycles. The zero-order valence-electron chi connectivity index (χ0n) is 20.1. The van der Waals surface area contributed by atoms with E-state index < -0.39 is 46.1 Å². The number of carbonyl (C=O) groups is 4. The van der Waals surface area contributed by atoms with E-state index in [-0.39, 0.29) is 26.2 Å². The van der Waals surface area contributed by atoms with Crippen molar-refractivity contribution in [3.63, 3.8) is 0 Å². The number of aldehydes is 2. The molecular formula is C20H35N3O10. The Hall–Kier alpha value is -2.80. The van der Waals surface area contributed by atoms with Gasteiger partial charge in [-0.25, -0.2) is 9.59 Å². The summed E-state index contributed by atoms with van der Waals surface area (Å²) in [5.41, 5.74) is -3.21. The Bertz CT molecular complexity index is 692. The van der Waals surface area contributed by atoms with Crippen LogP contribution in [0.15, 0.2) is 0 Å². The number of ether oxygens (including phenoxy) is 2. The summed E-state index contributed by atoms with van der Waals surface area (Å²) in [5, 5.41) is 30.6. The van der Waals surface area contributed by atoms with E-state index in [2.05, 4.69) is 0 Å². The number of hydrogen-bond acceptors (Lipinski definition) is 10. The van der Waals surface area contributed by atoms with E-state index >= 15 is 0 Å². The smallest absolute Gasteiger partial charge is 0.411 e. The second-order valence-corrected chi connectivity index (χ2v) is 9.62. The minimum Gasteiger partial charge on any atom is -0.444 e. The second-order valence-electron chi connectivity index (χ2n) is 9.62. The Morgan fingerprint density at radius 3 is 1.73 bits per heavy atom. The summed E-state index contributed by atoms with van der Waals surface area (Å²) in [6.45, 7) is 10.6. The molecule has 0 saturated carbocycles. The van der Waals surface area contributed by atoms with Crippen LogP contribution in [0.3, 0.4) is 0 Å². The third-order valence-corrected chi connectivity index (χ3v) is 4.42. The number of carbonyl (C=O) groups excluding carboxylic acids is 4. The maximum absolute atomic E-state index is 11.8. The maximum atomic E-state index is 11.8. The van der Waals surface area contributed by atoms with E-state index in [1.165, 1.54) is 0 Å². The Morgan fingerprint density at radius 1 is 1.03 bits per heavy atom. The standard InChI is InChI=1S/C11H20N2O6.C9H15NO4/c1-10(2,3)19-9(16)12-5-7(14)11(4,13(17)18)8(15)6-12;1-9(2,3)14-8(13)10(4-6-11)5-7-12/h7-8,14-15H,5-6H2,1-4H3;6-7H,4-5H2,1-3H3/t7-,8+,11?;. The average molecular weight is 478 g/mol. The molecule has 0 bridgehead atoms. The van der Waals surface area contributed by atoms with Crippen molar-refractivity contribution in [2.24, 2.45) is 0 Å². The molecule has 0 aliphatic carbocycles. The summed E-state index contributed by atoms with van der Waals surface area (Å²) in [7, 11) is 0. The topological polar surface area (TPSA) is 177 Å². The van der Waals surface area contributed by atoms with Crippen molar-refractivity contribution in [3.05, 3.63) is 10.1 Å². The number of β-amino-alcohol motifs (C(OH)–C–C–N with tert-alkyl or cyclic N) is 2. The lowest BCUT2D eigenvalue weighted by Crippen LogP contribution is -2.67. The highest BCUT2D eigenvalue weighted by Gasteiger charge is 2.56. The van der Waals surface area contributed by atoms with Gasteiger partial charge >= 0.3 is 12.2 Å². The van der Waals surface area contributed by atoms with Gasteiger partial charge in [0.2, 0.25) is 0 Å². The molecule has 2 N–H and O–H groups in total. The zero-order valence-corrected chi connectivity index (χ0v) is 20.1. The van der Waals surface area contributed by atoms with Crippen LogP contribution in [0.1, 0.15) is 48.5 Å². The van der Waals surface area contributed by atoms with Gasteiger partial charge < -0.3 is 34.2 Å². The van der Waals surface area contributed by atoms with Crippen LogP contribution in [-0.2, 0) is 19.1 Å². The minimum absolute atomic E-state index is 0.131. The Morgan fingerprint density at radius 2 is 1.42 bits per heavy atom. The summed E-state index contributed by atoms with van der Waals surface area (Å²) in [6, 6.07) is 0. The second kappa shape index (κ2) is 11.9. The summed E-state index contributed by atoms with van der Waals surface area (Å²) < 4.78 is 10.1. The first kappa shape index (κ1) is 30.2. The number of hydrogen-bond donors (Lipinski definition) is 2. The molecule has 33 heavy (non-hydrogen) atoms. The molecule has 190 valence electrons. The van der Waals surface area contributed by atoms with Crippen molar-refractivity contribution in [2.45, 2.75) is 77.4 Å². The Labute approximate surface area is 192 Å². The van der Waals surface area contributed by atoms with Crippen LogP contribution >= 0.6 is 0 Å². The molecule has 0 radical (unpaired) electrons. The SMILES string of the molecule is CC(C)(C)OC(=O)N(CC=O)CC=O.CC(C)(C)OC(=O)N1C[C@@H](O)C(C)([N+](=O)[O-])[C@@H](O)C1. The van der Waals surface area contributed by atoms with Gasteiger partial charge in [0.15, 0.2) is 0 Å². The van der Waals surface area contributed by atoms with Crippen LogP contribution in [-0.4, -0.2) is 105 Å². The van der Waals surface area contributed by atoms with Crippen molar-refractivity contribution < 1.29 is 43.8 Å². The summed E-state index contributed by atoms with van der Waals surface area (Å²) >= 11 is 0. The molecule has 13 heteroatoms. The molecule has 2 amide bonds. The van der Waals surface area contributed by atoms with Crippen molar-refractivity contribution in [1.82, 2.24) is 9.80 Å².